The summed E-state index contributed by atoms with van der Waals surface area (Å²) >= 11 is 3.55. The number of amides is 1. The van der Waals surface area contributed by atoms with E-state index in [0.717, 1.165) is 31.3 Å². The molecule has 0 aromatic rings. The summed E-state index contributed by atoms with van der Waals surface area (Å²) in [5.74, 6) is 2.13. The van der Waals surface area contributed by atoms with Crippen molar-refractivity contribution in [3.05, 3.63) is 0 Å². The number of rotatable bonds is 2. The van der Waals surface area contributed by atoms with E-state index in [1.165, 1.54) is 12.8 Å². The van der Waals surface area contributed by atoms with Crippen molar-refractivity contribution in [3.8, 4) is 0 Å². The van der Waals surface area contributed by atoms with Gasteiger partial charge in [0.25, 0.3) is 0 Å². The van der Waals surface area contributed by atoms with Crippen LogP contribution in [0.25, 0.3) is 0 Å². The maximum absolute atomic E-state index is 12.1. The zero-order chi connectivity index (χ0) is 10.8. The molecule has 0 bridgehead atoms. The molecular weight excluding hydrogens is 254 g/mol. The molecule has 2 rings (SSSR count). The number of nitrogens with zero attached hydrogens (tertiary/aromatic N) is 1. The van der Waals surface area contributed by atoms with Crippen LogP contribution in [0.4, 0.5) is 0 Å². The predicted molar refractivity (Wildman–Crippen MR) is 65.0 cm³/mol. The van der Waals surface area contributed by atoms with Crippen molar-refractivity contribution in [2.75, 3.05) is 18.4 Å². The molecular formula is C12H20BrNO. The molecule has 1 saturated heterocycles. The van der Waals surface area contributed by atoms with Crippen LogP contribution in [0, 0.1) is 17.8 Å². The highest BCUT2D eigenvalue weighted by Gasteiger charge is 2.33. The third kappa shape index (κ3) is 2.55. The first-order chi connectivity index (χ1) is 7.20. The number of likely N-dealkylation sites (tertiary alicyclic amines) is 1. The summed E-state index contributed by atoms with van der Waals surface area (Å²) in [5, 5.41) is 1.03. The number of piperidine rings is 1. The van der Waals surface area contributed by atoms with Gasteiger partial charge in [-0.1, -0.05) is 29.3 Å². The van der Waals surface area contributed by atoms with Crippen molar-refractivity contribution in [1.82, 2.24) is 4.90 Å². The first kappa shape index (κ1) is 11.4. The van der Waals surface area contributed by atoms with E-state index in [-0.39, 0.29) is 0 Å². The Hall–Kier alpha value is -0.0500. The van der Waals surface area contributed by atoms with Crippen LogP contribution in [-0.4, -0.2) is 29.2 Å². The summed E-state index contributed by atoms with van der Waals surface area (Å²) in [6, 6.07) is 0. The highest BCUT2D eigenvalue weighted by Crippen LogP contribution is 2.31. The number of alkyl halides is 1. The third-order valence-corrected chi connectivity index (χ3v) is 4.65. The quantitative estimate of drug-likeness (QED) is 0.709. The van der Waals surface area contributed by atoms with E-state index >= 15 is 0 Å². The minimum absolute atomic E-state index is 0.367. The summed E-state index contributed by atoms with van der Waals surface area (Å²) in [4.78, 5) is 14.2. The Bertz CT molecular complexity index is 240. The maximum atomic E-state index is 12.1. The van der Waals surface area contributed by atoms with E-state index in [1.807, 2.05) is 0 Å². The summed E-state index contributed by atoms with van der Waals surface area (Å²) < 4.78 is 0. The van der Waals surface area contributed by atoms with Gasteiger partial charge in [-0.2, -0.15) is 0 Å². The Kier molecular flexibility index (Phi) is 3.70. The number of halogens is 1. The molecule has 1 aliphatic carbocycles. The monoisotopic (exact) mass is 273 g/mol. The van der Waals surface area contributed by atoms with Gasteiger partial charge in [0.05, 0.1) is 0 Å². The fourth-order valence-electron chi connectivity index (χ4n) is 2.69. The number of hydrogen-bond donors (Lipinski definition) is 0. The second kappa shape index (κ2) is 4.86. The Labute approximate surface area is 101 Å². The van der Waals surface area contributed by atoms with E-state index in [4.69, 9.17) is 0 Å². The standard InChI is InChI=1S/C12H20BrNO/c1-9-5-10(6-13)8-14(7-9)12(15)11-3-2-4-11/h9-11H,2-8H2,1H3. The fraction of sp³-hybridized carbons (Fsp3) is 0.917. The van der Waals surface area contributed by atoms with Gasteiger partial charge >= 0.3 is 0 Å². The van der Waals surface area contributed by atoms with Gasteiger partial charge in [-0.3, -0.25) is 4.79 Å². The largest absolute Gasteiger partial charge is 0.342 e. The predicted octanol–water partition coefficient (Wildman–Crippen LogP) is 2.67. The van der Waals surface area contributed by atoms with Crippen LogP contribution in [0.15, 0.2) is 0 Å². The molecule has 0 aromatic heterocycles. The molecule has 2 fully saturated rings. The van der Waals surface area contributed by atoms with Gasteiger partial charge < -0.3 is 4.90 Å². The SMILES string of the molecule is CC1CC(CBr)CN(C(=O)C2CCC2)C1. The van der Waals surface area contributed by atoms with Gasteiger partial charge in [-0.15, -0.1) is 0 Å². The molecule has 0 aromatic carbocycles. The maximum Gasteiger partial charge on any atom is 0.225 e. The summed E-state index contributed by atoms with van der Waals surface area (Å²) in [6.07, 6.45) is 4.77. The molecule has 1 amide bonds. The molecule has 0 radical (unpaired) electrons. The minimum Gasteiger partial charge on any atom is -0.342 e. The molecule has 2 aliphatic rings. The lowest BCUT2D eigenvalue weighted by Crippen LogP contribution is -2.47. The van der Waals surface area contributed by atoms with Crippen LogP contribution in [-0.2, 0) is 4.79 Å². The first-order valence-corrected chi connectivity index (χ1v) is 7.17. The average Bonchev–Trinajstić information content (AvgIpc) is 2.14. The van der Waals surface area contributed by atoms with Gasteiger partial charge in [-0.25, -0.2) is 0 Å². The molecule has 1 aliphatic heterocycles. The molecule has 86 valence electrons. The molecule has 1 heterocycles. The van der Waals surface area contributed by atoms with Crippen LogP contribution < -0.4 is 0 Å². The normalized spacial score (nSPS) is 32.5. The molecule has 0 spiro atoms. The molecule has 3 heteroatoms. The minimum atomic E-state index is 0.367. The molecule has 2 atom stereocenters. The average molecular weight is 274 g/mol. The van der Waals surface area contributed by atoms with E-state index < -0.39 is 0 Å². The highest BCUT2D eigenvalue weighted by atomic mass is 79.9. The molecule has 15 heavy (non-hydrogen) atoms. The van der Waals surface area contributed by atoms with Gasteiger partial charge in [0.15, 0.2) is 0 Å². The first-order valence-electron chi connectivity index (χ1n) is 6.05. The third-order valence-electron chi connectivity index (χ3n) is 3.73. The topological polar surface area (TPSA) is 20.3 Å². The smallest absolute Gasteiger partial charge is 0.225 e. The summed E-state index contributed by atoms with van der Waals surface area (Å²) in [5.41, 5.74) is 0. The van der Waals surface area contributed by atoms with Gasteiger partial charge in [-0.05, 0) is 31.1 Å². The van der Waals surface area contributed by atoms with Crippen molar-refractivity contribution in [2.45, 2.75) is 32.6 Å². The summed E-state index contributed by atoms with van der Waals surface area (Å²) in [7, 11) is 0. The van der Waals surface area contributed by atoms with Gasteiger partial charge in [0, 0.05) is 24.3 Å². The Morgan fingerprint density at radius 2 is 2.13 bits per heavy atom. The second-order valence-electron chi connectivity index (χ2n) is 5.23. The van der Waals surface area contributed by atoms with E-state index in [2.05, 4.69) is 27.8 Å². The van der Waals surface area contributed by atoms with Crippen LogP contribution in [0.2, 0.25) is 0 Å². The Balaban J connectivity index is 1.92. The second-order valence-corrected chi connectivity index (χ2v) is 5.88. The lowest BCUT2D eigenvalue weighted by atomic mass is 9.83. The number of hydrogen-bond acceptors (Lipinski definition) is 1. The summed E-state index contributed by atoms with van der Waals surface area (Å²) in [6.45, 7) is 4.22. The lowest BCUT2D eigenvalue weighted by Gasteiger charge is -2.39. The van der Waals surface area contributed by atoms with Crippen LogP contribution >= 0.6 is 15.9 Å². The zero-order valence-electron chi connectivity index (χ0n) is 9.42. The zero-order valence-corrected chi connectivity index (χ0v) is 11.0. The van der Waals surface area contributed by atoms with Crippen molar-refractivity contribution in [1.29, 1.82) is 0 Å². The van der Waals surface area contributed by atoms with Crippen molar-refractivity contribution in [3.63, 3.8) is 0 Å². The molecule has 2 unspecified atom stereocenters. The van der Waals surface area contributed by atoms with Crippen molar-refractivity contribution in [2.24, 2.45) is 17.8 Å². The van der Waals surface area contributed by atoms with Crippen molar-refractivity contribution < 1.29 is 4.79 Å². The Morgan fingerprint density at radius 3 is 2.67 bits per heavy atom. The lowest BCUT2D eigenvalue weighted by molar-refractivity contribution is -0.140. The molecule has 1 saturated carbocycles. The van der Waals surface area contributed by atoms with Gasteiger partial charge in [0.2, 0.25) is 5.91 Å². The van der Waals surface area contributed by atoms with E-state index in [1.54, 1.807) is 0 Å². The van der Waals surface area contributed by atoms with E-state index in [9.17, 15) is 4.79 Å². The van der Waals surface area contributed by atoms with E-state index in [0.29, 0.717) is 23.7 Å². The van der Waals surface area contributed by atoms with Crippen molar-refractivity contribution >= 4 is 21.8 Å². The number of carbonyl (C=O) groups is 1. The Morgan fingerprint density at radius 1 is 1.40 bits per heavy atom. The van der Waals surface area contributed by atoms with Crippen LogP contribution in [0.1, 0.15) is 32.6 Å². The fourth-order valence-corrected chi connectivity index (χ4v) is 3.15. The van der Waals surface area contributed by atoms with Crippen LogP contribution in [0.5, 0.6) is 0 Å². The highest BCUT2D eigenvalue weighted by molar-refractivity contribution is 9.09. The molecule has 0 N–H and O–H groups in total. The number of carbonyl (C=O) groups excluding carboxylic acids is 1. The van der Waals surface area contributed by atoms with Crippen LogP contribution in [0.3, 0.4) is 0 Å². The molecule has 2 nitrogen and oxygen atoms in total. The van der Waals surface area contributed by atoms with Gasteiger partial charge in [0.1, 0.15) is 0 Å².